The van der Waals surface area contributed by atoms with Crippen LogP contribution in [0.5, 0.6) is 0 Å². The quantitative estimate of drug-likeness (QED) is 0.775. The molecule has 0 aromatic heterocycles. The van der Waals surface area contributed by atoms with Crippen LogP contribution in [0.3, 0.4) is 0 Å². The number of nitrogens with zero attached hydrogens (tertiary/aromatic N) is 2. The van der Waals surface area contributed by atoms with Crippen LogP contribution in [0.25, 0.3) is 0 Å². The summed E-state index contributed by atoms with van der Waals surface area (Å²) in [5, 5.41) is 0. The Morgan fingerprint density at radius 2 is 1.77 bits per heavy atom. The van der Waals surface area contributed by atoms with Gasteiger partial charge < -0.3 is 0 Å². The van der Waals surface area contributed by atoms with Gasteiger partial charge in [0, 0.05) is 19.0 Å². The lowest BCUT2D eigenvalue weighted by molar-refractivity contribution is -0.114. The Labute approximate surface area is 130 Å². The smallest absolute Gasteiger partial charge is 0.236 e. The average Bonchev–Trinajstić information content (AvgIpc) is 2.40. The Morgan fingerprint density at radius 3 is 2.41 bits per heavy atom. The second-order valence-electron chi connectivity index (χ2n) is 5.73. The fraction of sp³-hybridized carbons (Fsp3) is 0.538. The van der Waals surface area contributed by atoms with Gasteiger partial charge in [0.05, 0.1) is 25.2 Å². The molecule has 0 atom stereocenters. The van der Waals surface area contributed by atoms with Gasteiger partial charge in [-0.25, -0.2) is 21.1 Å². The second kappa shape index (κ2) is 5.57. The van der Waals surface area contributed by atoms with Crippen molar-refractivity contribution in [2.45, 2.75) is 13.2 Å². The Hall–Kier alpha value is -1.00. The van der Waals surface area contributed by atoms with Crippen LogP contribution in [0.15, 0.2) is 24.3 Å². The number of hydrogen-bond acceptors (Lipinski definition) is 5. The first-order valence-corrected chi connectivity index (χ1v) is 10.4. The molecule has 3 rings (SSSR count). The van der Waals surface area contributed by atoms with E-state index in [1.165, 1.54) is 4.31 Å². The monoisotopic (exact) mass is 346 g/mol. The van der Waals surface area contributed by atoms with Crippen LogP contribution in [-0.4, -0.2) is 50.7 Å². The van der Waals surface area contributed by atoms with Gasteiger partial charge >= 0.3 is 0 Å². The molecule has 0 spiro atoms. The molecule has 0 amide bonds. The molecular weight excluding hydrogens is 328 g/mol. The molecule has 0 N–H and O–H groups in total. The first-order valence-electron chi connectivity index (χ1n) is 6.91. The summed E-state index contributed by atoms with van der Waals surface area (Å²) in [6.07, 6.45) is 1.13. The highest BCUT2D eigenvalue weighted by atomic mass is 32.2. The van der Waals surface area contributed by atoms with E-state index >= 15 is 0 Å². The van der Waals surface area contributed by atoms with Crippen LogP contribution in [0.2, 0.25) is 0 Å². The van der Waals surface area contributed by atoms with E-state index < -0.39 is 20.0 Å². The lowest BCUT2D eigenvalue weighted by Crippen LogP contribution is -2.53. The summed E-state index contributed by atoms with van der Waals surface area (Å²) in [6.45, 7) is 0.932. The van der Waals surface area contributed by atoms with Gasteiger partial charge in [-0.2, -0.15) is 0 Å². The number of rotatable bonds is 4. The van der Waals surface area contributed by atoms with Crippen molar-refractivity contribution in [2.24, 2.45) is 5.92 Å². The van der Waals surface area contributed by atoms with Crippen molar-refractivity contribution in [3.8, 4) is 0 Å². The highest BCUT2D eigenvalue weighted by Gasteiger charge is 2.38. The number of fused-ring (bicyclic) bond motifs is 1. The molecule has 0 aliphatic carbocycles. The van der Waals surface area contributed by atoms with Crippen molar-refractivity contribution < 1.29 is 21.7 Å². The van der Waals surface area contributed by atoms with Crippen LogP contribution in [0, 0.1) is 5.92 Å². The van der Waals surface area contributed by atoms with Crippen molar-refractivity contribution in [3.05, 3.63) is 35.4 Å². The van der Waals surface area contributed by atoms with Gasteiger partial charge in [-0.1, -0.05) is 28.7 Å². The van der Waals surface area contributed by atoms with E-state index in [-0.39, 0.29) is 37.9 Å². The van der Waals surface area contributed by atoms with Crippen LogP contribution < -0.4 is 0 Å². The topological polar surface area (TPSA) is 84.0 Å². The minimum absolute atomic E-state index is 0.0960. The summed E-state index contributed by atoms with van der Waals surface area (Å²) >= 11 is 0. The first-order chi connectivity index (χ1) is 10.3. The maximum Gasteiger partial charge on any atom is 0.236 e. The van der Waals surface area contributed by atoms with Crippen LogP contribution in [0.4, 0.5) is 0 Å². The molecule has 7 nitrogen and oxygen atoms in total. The van der Waals surface area contributed by atoms with Gasteiger partial charge in [0.15, 0.2) is 0 Å². The standard InChI is InChI=1S/C13H18N2O5S2/c1-21(16,17)14-6-11(7-14)10-22(18,19)15-8-12-4-2-3-5-13(12)9-20-15/h2-5,11H,6-10H2,1H3. The molecule has 2 aliphatic rings. The Kier molecular flexibility index (Phi) is 4.02. The van der Waals surface area contributed by atoms with Gasteiger partial charge in [0.1, 0.15) is 0 Å². The molecule has 2 heterocycles. The molecule has 0 unspecified atom stereocenters. The number of benzene rings is 1. The highest BCUT2D eigenvalue weighted by molar-refractivity contribution is 7.89. The molecular formula is C13H18N2O5S2. The molecule has 1 aromatic rings. The summed E-state index contributed by atoms with van der Waals surface area (Å²) in [6, 6.07) is 7.55. The van der Waals surface area contributed by atoms with Crippen molar-refractivity contribution in [1.82, 2.24) is 8.77 Å². The largest absolute Gasteiger partial charge is 0.279 e. The third-order valence-electron chi connectivity index (χ3n) is 3.93. The third kappa shape index (κ3) is 3.18. The predicted molar refractivity (Wildman–Crippen MR) is 80.5 cm³/mol. The molecule has 1 fully saturated rings. The molecule has 0 bridgehead atoms. The zero-order valence-corrected chi connectivity index (χ0v) is 13.8. The first kappa shape index (κ1) is 15.9. The molecule has 122 valence electrons. The SMILES string of the molecule is CS(=O)(=O)N1CC(CS(=O)(=O)N2Cc3ccccc3CO2)C1. The maximum absolute atomic E-state index is 12.4. The average molecular weight is 346 g/mol. The number of hydroxylamine groups is 1. The third-order valence-corrected chi connectivity index (χ3v) is 6.91. The number of hydrogen-bond donors (Lipinski definition) is 0. The Balaban J connectivity index is 1.63. The summed E-state index contributed by atoms with van der Waals surface area (Å²) in [4.78, 5) is 5.35. The molecule has 0 saturated carbocycles. The van der Waals surface area contributed by atoms with E-state index in [4.69, 9.17) is 4.84 Å². The fourth-order valence-corrected chi connectivity index (χ4v) is 5.12. The van der Waals surface area contributed by atoms with Crippen molar-refractivity contribution >= 4 is 20.0 Å². The highest BCUT2D eigenvalue weighted by Crippen LogP contribution is 2.26. The lowest BCUT2D eigenvalue weighted by atomic mass is 10.1. The van der Waals surface area contributed by atoms with Gasteiger partial charge in [-0.05, 0) is 11.1 Å². The Bertz CT molecular complexity index is 769. The maximum atomic E-state index is 12.4. The van der Waals surface area contributed by atoms with E-state index in [2.05, 4.69) is 0 Å². The zero-order chi connectivity index (χ0) is 16.0. The molecule has 9 heteroatoms. The summed E-state index contributed by atoms with van der Waals surface area (Å²) in [5.74, 6) is -0.276. The molecule has 0 radical (unpaired) electrons. The van der Waals surface area contributed by atoms with Crippen molar-refractivity contribution in [1.29, 1.82) is 0 Å². The summed E-state index contributed by atoms with van der Waals surface area (Å²) in [5.41, 5.74) is 1.92. The Morgan fingerprint density at radius 1 is 1.14 bits per heavy atom. The van der Waals surface area contributed by atoms with Crippen molar-refractivity contribution in [2.75, 3.05) is 25.1 Å². The summed E-state index contributed by atoms with van der Waals surface area (Å²) in [7, 11) is -6.79. The fourth-order valence-electron chi connectivity index (χ4n) is 2.64. The van der Waals surface area contributed by atoms with Crippen LogP contribution >= 0.6 is 0 Å². The van der Waals surface area contributed by atoms with Gasteiger partial charge in [0.25, 0.3) is 0 Å². The van der Waals surface area contributed by atoms with E-state index in [1.807, 2.05) is 24.3 Å². The van der Waals surface area contributed by atoms with Crippen molar-refractivity contribution in [3.63, 3.8) is 0 Å². The van der Waals surface area contributed by atoms with E-state index in [0.717, 1.165) is 21.9 Å². The van der Waals surface area contributed by atoms with E-state index in [0.29, 0.717) is 0 Å². The zero-order valence-electron chi connectivity index (χ0n) is 12.2. The van der Waals surface area contributed by atoms with Gasteiger partial charge in [-0.15, -0.1) is 0 Å². The molecule has 22 heavy (non-hydrogen) atoms. The normalized spacial score (nSPS) is 21.3. The van der Waals surface area contributed by atoms with E-state index in [1.54, 1.807) is 0 Å². The minimum atomic E-state index is -3.57. The lowest BCUT2D eigenvalue weighted by Gasteiger charge is -2.38. The minimum Gasteiger partial charge on any atom is -0.279 e. The number of sulfonamides is 2. The van der Waals surface area contributed by atoms with Gasteiger partial charge in [-0.3, -0.25) is 4.84 Å². The predicted octanol–water partition coefficient (Wildman–Crippen LogP) is 0.155. The van der Waals surface area contributed by atoms with Crippen LogP contribution in [0.1, 0.15) is 11.1 Å². The second-order valence-corrected chi connectivity index (χ2v) is 9.61. The van der Waals surface area contributed by atoms with E-state index in [9.17, 15) is 16.8 Å². The van der Waals surface area contributed by atoms with Crippen LogP contribution in [-0.2, 0) is 38.0 Å². The van der Waals surface area contributed by atoms with Gasteiger partial charge in [0.2, 0.25) is 20.0 Å². The molecule has 2 aliphatic heterocycles. The molecule has 1 aromatic carbocycles. The molecule has 1 saturated heterocycles. The summed E-state index contributed by atoms with van der Waals surface area (Å²) < 4.78 is 49.7.